The lowest BCUT2D eigenvalue weighted by Gasteiger charge is -1.99. The molecule has 0 aliphatic rings. The van der Waals surface area contributed by atoms with E-state index in [2.05, 4.69) is 20.9 Å². The van der Waals surface area contributed by atoms with Gasteiger partial charge in [0, 0.05) is 15.7 Å². The highest BCUT2D eigenvalue weighted by molar-refractivity contribution is 9.10. The first-order valence-corrected chi connectivity index (χ1v) is 6.85. The number of benzene rings is 2. The molecule has 2 N–H and O–H groups in total. The maximum atomic E-state index is 13.1. The number of nitrogens with zero attached hydrogens (tertiary/aromatic N) is 1. The van der Waals surface area contributed by atoms with Gasteiger partial charge in [-0.15, -0.1) is 11.3 Å². The second-order valence-corrected chi connectivity index (χ2v) is 5.85. The molecule has 2 nitrogen and oxygen atoms in total. The Morgan fingerprint density at radius 2 is 2.00 bits per heavy atom. The summed E-state index contributed by atoms with van der Waals surface area (Å²) in [6.45, 7) is 0. The molecule has 0 aliphatic heterocycles. The zero-order valence-corrected chi connectivity index (χ0v) is 11.6. The molecule has 0 unspecified atom stereocenters. The predicted molar refractivity (Wildman–Crippen MR) is 77.1 cm³/mol. The van der Waals surface area contributed by atoms with Crippen molar-refractivity contribution in [2.75, 3.05) is 5.73 Å². The number of aromatic nitrogens is 1. The van der Waals surface area contributed by atoms with Gasteiger partial charge in [-0.05, 0) is 36.4 Å². The Balaban J connectivity index is 2.19. The van der Waals surface area contributed by atoms with E-state index in [0.717, 1.165) is 25.3 Å². The average Bonchev–Trinajstić information content (AvgIpc) is 2.70. The summed E-state index contributed by atoms with van der Waals surface area (Å²) in [7, 11) is 0. The Morgan fingerprint density at radius 1 is 1.17 bits per heavy atom. The molecule has 0 fully saturated rings. The van der Waals surface area contributed by atoms with Crippen molar-refractivity contribution in [1.82, 2.24) is 4.98 Å². The van der Waals surface area contributed by atoms with Crippen molar-refractivity contribution in [2.24, 2.45) is 0 Å². The number of rotatable bonds is 1. The summed E-state index contributed by atoms with van der Waals surface area (Å²) in [4.78, 5) is 4.48. The number of nitrogens with two attached hydrogens (primary N) is 1. The van der Waals surface area contributed by atoms with Crippen LogP contribution in [0.4, 0.5) is 10.1 Å². The largest absolute Gasteiger partial charge is 0.399 e. The van der Waals surface area contributed by atoms with Crippen LogP contribution in [0.3, 0.4) is 0 Å². The first-order chi connectivity index (χ1) is 8.61. The molecule has 3 rings (SSSR count). The Hall–Kier alpha value is -1.46. The van der Waals surface area contributed by atoms with Crippen LogP contribution < -0.4 is 5.73 Å². The average molecular weight is 323 g/mol. The minimum atomic E-state index is -0.244. The molecule has 3 aromatic rings. The highest BCUT2D eigenvalue weighted by atomic mass is 79.9. The smallest absolute Gasteiger partial charge is 0.124 e. The first-order valence-electron chi connectivity index (χ1n) is 5.24. The maximum Gasteiger partial charge on any atom is 0.124 e. The van der Waals surface area contributed by atoms with E-state index in [4.69, 9.17) is 5.73 Å². The Kier molecular flexibility index (Phi) is 2.80. The van der Waals surface area contributed by atoms with E-state index in [0.29, 0.717) is 5.69 Å². The number of hydrogen-bond acceptors (Lipinski definition) is 3. The molecule has 1 aromatic heterocycles. The van der Waals surface area contributed by atoms with E-state index < -0.39 is 0 Å². The molecule has 1 heterocycles. The van der Waals surface area contributed by atoms with Crippen LogP contribution in [0.2, 0.25) is 0 Å². The zero-order valence-electron chi connectivity index (χ0n) is 9.15. The van der Waals surface area contributed by atoms with Crippen LogP contribution in [-0.2, 0) is 0 Å². The number of nitrogen functional groups attached to an aromatic ring is 1. The lowest BCUT2D eigenvalue weighted by molar-refractivity contribution is 0.630. The van der Waals surface area contributed by atoms with E-state index in [9.17, 15) is 4.39 Å². The molecule has 0 aliphatic carbocycles. The summed E-state index contributed by atoms with van der Waals surface area (Å²) in [5, 5.41) is 0.837. The maximum absolute atomic E-state index is 13.1. The molecule has 5 heteroatoms. The minimum absolute atomic E-state index is 0.244. The van der Waals surface area contributed by atoms with Crippen LogP contribution in [0, 0.1) is 5.82 Å². The van der Waals surface area contributed by atoms with Crippen molar-refractivity contribution in [1.29, 1.82) is 0 Å². The van der Waals surface area contributed by atoms with Gasteiger partial charge in [-0.25, -0.2) is 9.37 Å². The molecule has 0 saturated carbocycles. The Morgan fingerprint density at radius 3 is 2.78 bits per heavy atom. The second kappa shape index (κ2) is 4.33. The highest BCUT2D eigenvalue weighted by Gasteiger charge is 2.08. The lowest BCUT2D eigenvalue weighted by Crippen LogP contribution is -1.85. The fraction of sp³-hybridized carbons (Fsp3) is 0. The third-order valence-corrected chi connectivity index (χ3v) is 4.04. The molecule has 90 valence electrons. The van der Waals surface area contributed by atoms with Crippen molar-refractivity contribution in [2.45, 2.75) is 0 Å². The SMILES string of the molecule is Nc1cc(Br)cc(-c2nc3ccc(F)cc3s2)c1. The van der Waals surface area contributed by atoms with Gasteiger partial charge < -0.3 is 5.73 Å². The third kappa shape index (κ3) is 2.11. The van der Waals surface area contributed by atoms with E-state index in [1.54, 1.807) is 6.07 Å². The molecule has 0 amide bonds. The molecule has 2 aromatic carbocycles. The van der Waals surface area contributed by atoms with Crippen LogP contribution in [-0.4, -0.2) is 4.98 Å². The molecule has 0 radical (unpaired) electrons. The van der Waals surface area contributed by atoms with E-state index in [1.165, 1.54) is 23.5 Å². The van der Waals surface area contributed by atoms with Gasteiger partial charge in [0.1, 0.15) is 10.8 Å². The highest BCUT2D eigenvalue weighted by Crippen LogP contribution is 2.33. The van der Waals surface area contributed by atoms with Crippen molar-refractivity contribution in [3.63, 3.8) is 0 Å². The van der Waals surface area contributed by atoms with Crippen molar-refractivity contribution >= 4 is 43.2 Å². The Labute approximate surface area is 115 Å². The molecule has 0 atom stereocenters. The summed E-state index contributed by atoms with van der Waals surface area (Å²) < 4.78 is 14.9. The zero-order chi connectivity index (χ0) is 12.7. The molecule has 0 bridgehead atoms. The summed E-state index contributed by atoms with van der Waals surface area (Å²) >= 11 is 4.86. The molecule has 18 heavy (non-hydrogen) atoms. The van der Waals surface area contributed by atoms with Gasteiger partial charge in [-0.1, -0.05) is 15.9 Å². The summed E-state index contributed by atoms with van der Waals surface area (Å²) in [5.74, 6) is -0.244. The van der Waals surface area contributed by atoms with Crippen LogP contribution in [0.15, 0.2) is 40.9 Å². The van der Waals surface area contributed by atoms with Gasteiger partial charge in [-0.2, -0.15) is 0 Å². The summed E-state index contributed by atoms with van der Waals surface area (Å²) in [5.41, 5.74) is 8.21. The fourth-order valence-electron chi connectivity index (χ4n) is 1.76. The summed E-state index contributed by atoms with van der Waals surface area (Å²) in [6, 6.07) is 10.2. The van der Waals surface area contributed by atoms with Crippen LogP contribution >= 0.6 is 27.3 Å². The standard InChI is InChI=1S/C13H8BrFN2S/c14-8-3-7(4-10(16)5-8)13-17-11-2-1-9(15)6-12(11)18-13/h1-6H,16H2. The number of thiazole rings is 1. The number of anilines is 1. The Bertz CT molecular complexity index is 719. The van der Waals surface area contributed by atoms with Gasteiger partial charge in [0.2, 0.25) is 0 Å². The molecule has 0 spiro atoms. The number of halogens is 2. The van der Waals surface area contributed by atoms with Gasteiger partial charge in [0.15, 0.2) is 0 Å². The quantitative estimate of drug-likeness (QED) is 0.672. The van der Waals surface area contributed by atoms with Gasteiger partial charge in [0.05, 0.1) is 10.2 Å². The summed E-state index contributed by atoms with van der Waals surface area (Å²) in [6.07, 6.45) is 0. The normalized spacial score (nSPS) is 11.0. The van der Waals surface area contributed by atoms with Crippen LogP contribution in [0.5, 0.6) is 0 Å². The van der Waals surface area contributed by atoms with Crippen molar-refractivity contribution in [3.8, 4) is 10.6 Å². The van der Waals surface area contributed by atoms with E-state index in [-0.39, 0.29) is 5.82 Å². The monoisotopic (exact) mass is 322 g/mol. The second-order valence-electron chi connectivity index (χ2n) is 3.90. The molecular formula is C13H8BrFN2S. The van der Waals surface area contributed by atoms with Gasteiger partial charge in [-0.3, -0.25) is 0 Å². The van der Waals surface area contributed by atoms with Crippen LogP contribution in [0.1, 0.15) is 0 Å². The predicted octanol–water partition coefficient (Wildman–Crippen LogP) is 4.45. The van der Waals surface area contributed by atoms with Gasteiger partial charge >= 0.3 is 0 Å². The van der Waals surface area contributed by atoms with Crippen molar-refractivity contribution in [3.05, 3.63) is 46.7 Å². The van der Waals surface area contributed by atoms with E-state index in [1.807, 2.05) is 18.2 Å². The minimum Gasteiger partial charge on any atom is -0.399 e. The van der Waals surface area contributed by atoms with Gasteiger partial charge in [0.25, 0.3) is 0 Å². The molecule has 0 saturated heterocycles. The number of fused-ring (bicyclic) bond motifs is 1. The molecular weight excluding hydrogens is 315 g/mol. The van der Waals surface area contributed by atoms with Crippen LogP contribution in [0.25, 0.3) is 20.8 Å². The fourth-order valence-corrected chi connectivity index (χ4v) is 3.25. The topological polar surface area (TPSA) is 38.9 Å². The lowest BCUT2D eigenvalue weighted by atomic mass is 10.2. The van der Waals surface area contributed by atoms with E-state index >= 15 is 0 Å². The third-order valence-electron chi connectivity index (χ3n) is 2.52. The van der Waals surface area contributed by atoms with Crippen molar-refractivity contribution < 1.29 is 4.39 Å². The first kappa shape index (κ1) is 11.6. The number of hydrogen-bond donors (Lipinski definition) is 1.